The molecule has 2 aliphatic heterocycles. The number of aliphatic hydroxyl groups excluding tert-OH is 2. The van der Waals surface area contributed by atoms with Crippen LogP contribution in [0, 0.1) is 11.8 Å². The molecule has 2 saturated carbocycles. The number of benzene rings is 1. The summed E-state index contributed by atoms with van der Waals surface area (Å²) >= 11 is 0. The van der Waals surface area contributed by atoms with E-state index in [-0.39, 0.29) is 24.7 Å². The Labute approximate surface area is 201 Å². The molecule has 4 unspecified atom stereocenters. The van der Waals surface area contributed by atoms with Gasteiger partial charge in [-0.2, -0.15) is 0 Å². The molecule has 0 spiro atoms. The van der Waals surface area contributed by atoms with E-state index in [0.29, 0.717) is 12.6 Å². The van der Waals surface area contributed by atoms with Gasteiger partial charge in [0.05, 0.1) is 35.8 Å². The fourth-order valence-electron chi connectivity index (χ4n) is 6.11. The smallest absolute Gasteiger partial charge is 0.233 e. The Morgan fingerprint density at radius 2 is 1.47 bits per heavy atom. The largest absolute Gasteiger partial charge is 0.488 e. The molecule has 34 heavy (non-hydrogen) atoms. The number of rotatable bonds is 7. The summed E-state index contributed by atoms with van der Waals surface area (Å²) < 4.78 is 6.33. The first-order chi connectivity index (χ1) is 16.5. The average molecular weight is 472 g/mol. The molecule has 0 bridgehead atoms. The molecule has 4 aliphatic rings. The molecule has 1 aromatic rings. The standard InChI is InChI=1S/C26H37N3O5/c30-22-16-19-20(17-23(22)31)26(33)29(25(19)32)11-5-10-27-12-14-28(15-13-27)21-8-3-4-9-24(21)34-18-6-1-2-7-18/h3-4,8-9,18-20,22-23,30-31H,1-2,5-7,10-17H2. The molecule has 2 heterocycles. The summed E-state index contributed by atoms with van der Waals surface area (Å²) in [5.41, 5.74) is 1.18. The average Bonchev–Trinajstić information content (AvgIpc) is 3.43. The second-order valence-electron chi connectivity index (χ2n) is 10.3. The third-order valence-electron chi connectivity index (χ3n) is 8.12. The van der Waals surface area contributed by atoms with E-state index in [2.05, 4.69) is 28.0 Å². The maximum Gasteiger partial charge on any atom is 0.233 e. The lowest BCUT2D eigenvalue weighted by Gasteiger charge is -2.37. The Kier molecular flexibility index (Phi) is 7.09. The predicted octanol–water partition coefficient (Wildman–Crippen LogP) is 1.64. The maximum absolute atomic E-state index is 12.7. The van der Waals surface area contributed by atoms with Gasteiger partial charge in [0.2, 0.25) is 11.8 Å². The number of anilines is 1. The molecule has 2 N–H and O–H groups in total. The number of carbonyl (C=O) groups excluding carboxylic acids is 2. The molecular weight excluding hydrogens is 434 g/mol. The second-order valence-corrected chi connectivity index (χ2v) is 10.3. The third-order valence-corrected chi connectivity index (χ3v) is 8.12. The molecule has 186 valence electrons. The van der Waals surface area contributed by atoms with Crippen molar-refractivity contribution in [2.24, 2.45) is 11.8 Å². The number of carbonyl (C=O) groups is 2. The maximum atomic E-state index is 12.7. The number of hydrogen-bond acceptors (Lipinski definition) is 7. The lowest BCUT2D eigenvalue weighted by molar-refractivity contribution is -0.140. The summed E-state index contributed by atoms with van der Waals surface area (Å²) in [5.74, 6) is -0.304. The van der Waals surface area contributed by atoms with Gasteiger partial charge < -0.3 is 19.8 Å². The molecule has 5 rings (SSSR count). The highest BCUT2D eigenvalue weighted by Gasteiger charge is 2.51. The van der Waals surface area contributed by atoms with Crippen molar-refractivity contribution >= 4 is 17.5 Å². The highest BCUT2D eigenvalue weighted by Crippen LogP contribution is 2.38. The number of fused-ring (bicyclic) bond motifs is 1. The summed E-state index contributed by atoms with van der Waals surface area (Å²) in [6.07, 6.45) is 4.42. The molecule has 2 aliphatic carbocycles. The SMILES string of the molecule is O=C1C2CC(O)C(O)CC2C(=O)N1CCCN1CCN(c2ccccc2OC2CCCC2)CC1. The summed E-state index contributed by atoms with van der Waals surface area (Å²) in [6, 6.07) is 8.35. The van der Waals surface area contributed by atoms with Crippen molar-refractivity contribution in [3.05, 3.63) is 24.3 Å². The quantitative estimate of drug-likeness (QED) is 0.584. The molecule has 4 fully saturated rings. The Morgan fingerprint density at radius 3 is 2.12 bits per heavy atom. The van der Waals surface area contributed by atoms with Gasteiger partial charge in [0.15, 0.2) is 0 Å². The summed E-state index contributed by atoms with van der Waals surface area (Å²) in [4.78, 5) is 31.6. The fraction of sp³-hybridized carbons (Fsp3) is 0.692. The molecule has 2 saturated heterocycles. The van der Waals surface area contributed by atoms with Crippen molar-refractivity contribution in [1.82, 2.24) is 9.80 Å². The fourth-order valence-corrected chi connectivity index (χ4v) is 6.11. The zero-order valence-electron chi connectivity index (χ0n) is 19.8. The monoisotopic (exact) mass is 471 g/mol. The molecule has 0 radical (unpaired) electrons. The molecule has 8 nitrogen and oxygen atoms in total. The van der Waals surface area contributed by atoms with E-state index in [4.69, 9.17) is 4.74 Å². The van der Waals surface area contributed by atoms with Gasteiger partial charge in [0, 0.05) is 32.7 Å². The van der Waals surface area contributed by atoms with Gasteiger partial charge in [-0.15, -0.1) is 0 Å². The van der Waals surface area contributed by atoms with E-state index in [1.165, 1.54) is 23.4 Å². The number of hydrogen-bond donors (Lipinski definition) is 2. The molecule has 0 aromatic heterocycles. The zero-order valence-corrected chi connectivity index (χ0v) is 19.8. The number of likely N-dealkylation sites (tertiary alicyclic amines) is 1. The van der Waals surface area contributed by atoms with Crippen LogP contribution in [0.4, 0.5) is 5.69 Å². The Hall–Kier alpha value is -2.16. The molecule has 2 amide bonds. The number of para-hydroxylation sites is 2. The van der Waals surface area contributed by atoms with Gasteiger partial charge in [-0.05, 0) is 63.6 Å². The van der Waals surface area contributed by atoms with Gasteiger partial charge in [-0.3, -0.25) is 19.4 Å². The zero-order chi connectivity index (χ0) is 23.7. The van der Waals surface area contributed by atoms with Crippen LogP contribution < -0.4 is 9.64 Å². The van der Waals surface area contributed by atoms with E-state index < -0.39 is 24.0 Å². The van der Waals surface area contributed by atoms with Crippen molar-refractivity contribution in [2.45, 2.75) is 63.3 Å². The minimum Gasteiger partial charge on any atom is -0.488 e. The van der Waals surface area contributed by atoms with Crippen LogP contribution in [0.1, 0.15) is 44.9 Å². The number of ether oxygens (including phenoxy) is 1. The lowest BCUT2D eigenvalue weighted by atomic mass is 9.78. The van der Waals surface area contributed by atoms with Gasteiger partial charge in [0.25, 0.3) is 0 Å². The first kappa shape index (κ1) is 23.6. The van der Waals surface area contributed by atoms with Crippen molar-refractivity contribution in [3.63, 3.8) is 0 Å². The van der Waals surface area contributed by atoms with Crippen LogP contribution in [0.2, 0.25) is 0 Å². The highest BCUT2D eigenvalue weighted by molar-refractivity contribution is 6.05. The van der Waals surface area contributed by atoms with Crippen LogP contribution in [-0.2, 0) is 9.59 Å². The highest BCUT2D eigenvalue weighted by atomic mass is 16.5. The normalized spacial score (nSPS) is 30.8. The van der Waals surface area contributed by atoms with Crippen LogP contribution in [0.3, 0.4) is 0 Å². The summed E-state index contributed by atoms with van der Waals surface area (Å²) in [6.45, 7) is 4.96. The topological polar surface area (TPSA) is 93.5 Å². The van der Waals surface area contributed by atoms with Crippen LogP contribution in [0.15, 0.2) is 24.3 Å². The van der Waals surface area contributed by atoms with Crippen LogP contribution in [-0.4, -0.2) is 89.4 Å². The van der Waals surface area contributed by atoms with Crippen LogP contribution in [0.25, 0.3) is 0 Å². The van der Waals surface area contributed by atoms with Gasteiger partial charge in [-0.1, -0.05) is 12.1 Å². The first-order valence-corrected chi connectivity index (χ1v) is 13.0. The van der Waals surface area contributed by atoms with Crippen molar-refractivity contribution < 1.29 is 24.5 Å². The van der Waals surface area contributed by atoms with Gasteiger partial charge >= 0.3 is 0 Å². The summed E-state index contributed by atoms with van der Waals surface area (Å²) in [7, 11) is 0. The Morgan fingerprint density at radius 1 is 0.853 bits per heavy atom. The van der Waals surface area contributed by atoms with Crippen molar-refractivity contribution in [3.8, 4) is 5.75 Å². The van der Waals surface area contributed by atoms with Crippen molar-refractivity contribution in [1.29, 1.82) is 0 Å². The molecule has 1 aromatic carbocycles. The molecular formula is C26H37N3O5. The number of imide groups is 1. The van der Waals surface area contributed by atoms with Crippen molar-refractivity contribution in [2.75, 3.05) is 44.2 Å². The number of aliphatic hydroxyl groups is 2. The second kappa shape index (κ2) is 10.2. The minimum absolute atomic E-state index is 0.176. The molecule has 8 heteroatoms. The van der Waals surface area contributed by atoms with E-state index in [0.717, 1.165) is 57.7 Å². The van der Waals surface area contributed by atoms with Crippen LogP contribution >= 0.6 is 0 Å². The van der Waals surface area contributed by atoms with E-state index in [9.17, 15) is 19.8 Å². The number of nitrogens with zero attached hydrogens (tertiary/aromatic N) is 3. The predicted molar refractivity (Wildman–Crippen MR) is 128 cm³/mol. The van der Waals surface area contributed by atoms with E-state index in [1.54, 1.807) is 0 Å². The Bertz CT molecular complexity index is 853. The molecule has 4 atom stereocenters. The number of amides is 2. The number of piperazine rings is 1. The summed E-state index contributed by atoms with van der Waals surface area (Å²) in [5, 5.41) is 19.8. The lowest BCUT2D eigenvalue weighted by Crippen LogP contribution is -2.47. The van der Waals surface area contributed by atoms with Gasteiger partial charge in [-0.25, -0.2) is 0 Å². The van der Waals surface area contributed by atoms with Crippen LogP contribution in [0.5, 0.6) is 5.75 Å². The first-order valence-electron chi connectivity index (χ1n) is 13.0. The minimum atomic E-state index is -0.914. The Balaban J connectivity index is 1.09. The third kappa shape index (κ3) is 4.81. The van der Waals surface area contributed by atoms with E-state index >= 15 is 0 Å². The van der Waals surface area contributed by atoms with Gasteiger partial charge in [0.1, 0.15) is 5.75 Å². The van der Waals surface area contributed by atoms with E-state index in [1.807, 2.05) is 6.07 Å².